The fourth-order valence-electron chi connectivity index (χ4n) is 2.76. The summed E-state index contributed by atoms with van der Waals surface area (Å²) in [5, 5.41) is 26.7. The fraction of sp³-hybridized carbons (Fsp3) is 0.267. The molecule has 1 aromatic heterocycles. The van der Waals surface area contributed by atoms with Crippen LogP contribution in [0.25, 0.3) is 0 Å². The van der Waals surface area contributed by atoms with Crippen molar-refractivity contribution >= 4 is 35.2 Å². The van der Waals surface area contributed by atoms with Crippen LogP contribution in [-0.2, 0) is 11.2 Å². The lowest BCUT2D eigenvalue weighted by atomic mass is 9.72. The molecule has 0 unspecified atom stereocenters. The number of ether oxygens (including phenoxy) is 1. The fourth-order valence-corrected chi connectivity index (χ4v) is 3.31. The van der Waals surface area contributed by atoms with E-state index in [9.17, 15) is 9.82 Å². The molecular formula is C15H17BN4O5S. The monoisotopic (exact) mass is 376 g/mol. The molecule has 0 saturated carbocycles. The lowest BCUT2D eigenvalue weighted by Crippen LogP contribution is -2.54. The number of carbonyl (C=O) groups is 1. The van der Waals surface area contributed by atoms with Crippen LogP contribution in [-0.4, -0.2) is 47.0 Å². The molecule has 0 bridgehead atoms. The van der Waals surface area contributed by atoms with Crippen molar-refractivity contribution in [3.8, 4) is 11.5 Å². The average Bonchev–Trinajstić information content (AvgIpc) is 3.02. The van der Waals surface area contributed by atoms with Gasteiger partial charge in [-0.25, -0.2) is 4.98 Å². The van der Waals surface area contributed by atoms with Crippen LogP contribution in [0.15, 0.2) is 22.7 Å². The van der Waals surface area contributed by atoms with E-state index in [1.807, 2.05) is 6.92 Å². The molecule has 0 aliphatic carbocycles. The Labute approximate surface area is 153 Å². The third-order valence-corrected chi connectivity index (χ3v) is 4.65. The molecule has 1 aliphatic rings. The standard InChI is InChI=1S/C15H17BN4O5S/c1-7-3-9(24-2)4-8-5-11(16(22)25-13(7)8)19-14(21)12(20-23)10-6-26-15(17)18-10/h3-4,6,11,22-23H,5H2,1-2H3,(H2,17,18)(H,19,21)/b20-12-/t11-/m0/s1. The van der Waals surface area contributed by atoms with Gasteiger partial charge < -0.3 is 30.7 Å². The zero-order valence-electron chi connectivity index (χ0n) is 14.1. The van der Waals surface area contributed by atoms with Crippen molar-refractivity contribution in [2.75, 3.05) is 12.8 Å². The van der Waals surface area contributed by atoms with Crippen molar-refractivity contribution < 1.29 is 24.4 Å². The number of nitrogens with zero attached hydrogens (tertiary/aromatic N) is 2. The van der Waals surface area contributed by atoms with Crippen LogP contribution in [0, 0.1) is 6.92 Å². The molecule has 1 aliphatic heterocycles. The van der Waals surface area contributed by atoms with Gasteiger partial charge in [-0.05, 0) is 36.6 Å². The van der Waals surface area contributed by atoms with Gasteiger partial charge in [0.25, 0.3) is 5.91 Å². The van der Waals surface area contributed by atoms with E-state index in [0.29, 0.717) is 17.9 Å². The molecule has 2 aromatic rings. The number of aromatic nitrogens is 1. The van der Waals surface area contributed by atoms with Crippen molar-refractivity contribution in [2.45, 2.75) is 19.3 Å². The second kappa shape index (κ2) is 7.22. The maximum Gasteiger partial charge on any atom is 0.547 e. The number of carbonyl (C=O) groups excluding carboxylic acids is 1. The quantitative estimate of drug-likeness (QED) is 0.261. The number of methoxy groups -OCH3 is 1. The van der Waals surface area contributed by atoms with E-state index >= 15 is 0 Å². The Bertz CT molecular complexity index is 872. The summed E-state index contributed by atoms with van der Waals surface area (Å²) in [5.41, 5.74) is 7.00. The Morgan fingerprint density at radius 2 is 2.35 bits per heavy atom. The third kappa shape index (κ3) is 3.44. The Balaban J connectivity index is 1.80. The van der Waals surface area contributed by atoms with Gasteiger partial charge in [-0.15, -0.1) is 11.3 Å². The average molecular weight is 376 g/mol. The summed E-state index contributed by atoms with van der Waals surface area (Å²) in [6, 6.07) is 3.59. The van der Waals surface area contributed by atoms with Crippen LogP contribution in [0.4, 0.5) is 5.13 Å². The van der Waals surface area contributed by atoms with Crippen molar-refractivity contribution in [1.29, 1.82) is 0 Å². The van der Waals surface area contributed by atoms with E-state index in [1.54, 1.807) is 19.2 Å². The van der Waals surface area contributed by atoms with Crippen LogP contribution >= 0.6 is 11.3 Å². The molecule has 0 fully saturated rings. The van der Waals surface area contributed by atoms with Gasteiger partial charge in [0, 0.05) is 5.38 Å². The number of thiazole rings is 1. The van der Waals surface area contributed by atoms with Crippen LogP contribution in [0.5, 0.6) is 11.5 Å². The first-order chi connectivity index (χ1) is 12.4. The maximum atomic E-state index is 12.4. The highest BCUT2D eigenvalue weighted by molar-refractivity contribution is 7.13. The van der Waals surface area contributed by atoms with Gasteiger partial charge in [-0.1, -0.05) is 5.16 Å². The Morgan fingerprint density at radius 1 is 1.58 bits per heavy atom. The first-order valence-corrected chi connectivity index (χ1v) is 8.57. The first-order valence-electron chi connectivity index (χ1n) is 7.69. The van der Waals surface area contributed by atoms with Crippen molar-refractivity contribution in [1.82, 2.24) is 10.3 Å². The number of aryl methyl sites for hydroxylation is 1. The number of hydrogen-bond acceptors (Lipinski definition) is 9. The van der Waals surface area contributed by atoms with Gasteiger partial charge in [0.1, 0.15) is 17.2 Å². The minimum Gasteiger partial charge on any atom is -0.534 e. The molecular weight excluding hydrogens is 359 g/mol. The highest BCUT2D eigenvalue weighted by Crippen LogP contribution is 2.33. The molecule has 2 heterocycles. The molecule has 26 heavy (non-hydrogen) atoms. The number of rotatable bonds is 4. The summed E-state index contributed by atoms with van der Waals surface area (Å²) in [4.78, 5) is 16.4. The van der Waals surface area contributed by atoms with Gasteiger partial charge in [-0.2, -0.15) is 0 Å². The summed E-state index contributed by atoms with van der Waals surface area (Å²) in [6.07, 6.45) is 0.318. The predicted molar refractivity (Wildman–Crippen MR) is 96.8 cm³/mol. The number of nitrogen functional groups attached to an aromatic ring is 1. The SMILES string of the molecule is COc1cc(C)c2c(c1)C[C@H](NC(=O)/C(=N\O)c1csc(N)n1)B(O)O2. The number of amides is 1. The van der Waals surface area contributed by atoms with E-state index in [2.05, 4.69) is 15.5 Å². The number of hydrogen-bond donors (Lipinski definition) is 4. The normalized spacial score (nSPS) is 16.7. The summed E-state index contributed by atoms with van der Waals surface area (Å²) >= 11 is 1.12. The van der Waals surface area contributed by atoms with Crippen molar-refractivity contribution in [3.05, 3.63) is 34.3 Å². The van der Waals surface area contributed by atoms with Crippen LogP contribution in [0.2, 0.25) is 0 Å². The smallest absolute Gasteiger partial charge is 0.534 e. The molecule has 1 aromatic carbocycles. The first kappa shape index (κ1) is 18.0. The minimum absolute atomic E-state index is 0.150. The summed E-state index contributed by atoms with van der Waals surface area (Å²) < 4.78 is 10.8. The zero-order chi connectivity index (χ0) is 18.8. The molecule has 136 valence electrons. The molecule has 0 spiro atoms. The van der Waals surface area contributed by atoms with E-state index in [4.69, 9.17) is 20.3 Å². The lowest BCUT2D eigenvalue weighted by Gasteiger charge is -2.29. The van der Waals surface area contributed by atoms with Gasteiger partial charge in [-0.3, -0.25) is 4.79 Å². The number of nitrogens with two attached hydrogens (primary N) is 1. The zero-order valence-corrected chi connectivity index (χ0v) is 14.9. The highest BCUT2D eigenvalue weighted by atomic mass is 32.1. The van der Waals surface area contributed by atoms with Crippen LogP contribution in [0.1, 0.15) is 16.8 Å². The van der Waals surface area contributed by atoms with E-state index in [-0.39, 0.29) is 16.5 Å². The molecule has 3 rings (SSSR count). The summed E-state index contributed by atoms with van der Waals surface area (Å²) in [7, 11) is 0.307. The number of oxime groups is 1. The number of anilines is 1. The number of benzene rings is 1. The van der Waals surface area contributed by atoms with Gasteiger partial charge in [0.05, 0.1) is 13.1 Å². The Hall–Kier alpha value is -2.79. The lowest BCUT2D eigenvalue weighted by molar-refractivity contribution is -0.115. The molecule has 9 nitrogen and oxygen atoms in total. The number of fused-ring (bicyclic) bond motifs is 1. The topological polar surface area (TPSA) is 139 Å². The van der Waals surface area contributed by atoms with Gasteiger partial charge in [0.2, 0.25) is 0 Å². The third-order valence-electron chi connectivity index (χ3n) is 3.98. The summed E-state index contributed by atoms with van der Waals surface area (Å²) in [6.45, 7) is 1.84. The van der Waals surface area contributed by atoms with E-state index in [0.717, 1.165) is 22.5 Å². The minimum atomic E-state index is -1.25. The molecule has 0 radical (unpaired) electrons. The van der Waals surface area contributed by atoms with E-state index < -0.39 is 19.0 Å². The van der Waals surface area contributed by atoms with Crippen LogP contribution in [0.3, 0.4) is 0 Å². The molecule has 11 heteroatoms. The Kier molecular flexibility index (Phi) is 5.00. The number of nitrogens with one attached hydrogen (secondary N) is 1. The van der Waals surface area contributed by atoms with Gasteiger partial charge in [0.15, 0.2) is 10.8 Å². The van der Waals surface area contributed by atoms with Crippen LogP contribution < -0.4 is 20.4 Å². The summed E-state index contributed by atoms with van der Waals surface area (Å²) in [5.74, 6) is -0.225. The second-order valence-corrected chi connectivity index (χ2v) is 6.63. The van der Waals surface area contributed by atoms with E-state index in [1.165, 1.54) is 5.38 Å². The molecule has 0 saturated heterocycles. The highest BCUT2D eigenvalue weighted by Gasteiger charge is 2.38. The maximum absolute atomic E-state index is 12.4. The van der Waals surface area contributed by atoms with Crippen molar-refractivity contribution in [2.24, 2.45) is 5.16 Å². The Morgan fingerprint density at radius 3 is 2.96 bits per heavy atom. The molecule has 1 amide bonds. The second-order valence-electron chi connectivity index (χ2n) is 5.74. The molecule has 1 atom stereocenters. The molecule has 5 N–H and O–H groups in total. The largest absolute Gasteiger partial charge is 0.547 e. The predicted octanol–water partition coefficient (Wildman–Crippen LogP) is 0.360. The van der Waals surface area contributed by atoms with Gasteiger partial charge >= 0.3 is 7.12 Å². The van der Waals surface area contributed by atoms with Crippen molar-refractivity contribution in [3.63, 3.8) is 0 Å².